The third-order valence-corrected chi connectivity index (χ3v) is 2.77. The number of likely N-dealkylation sites (N-methyl/N-ethyl adjacent to an activating group) is 1. The van der Waals surface area contributed by atoms with Crippen molar-refractivity contribution in [1.29, 1.82) is 0 Å². The van der Waals surface area contributed by atoms with Gasteiger partial charge in [0, 0.05) is 29.1 Å². The highest BCUT2D eigenvalue weighted by Crippen LogP contribution is 2.21. The molecule has 1 fully saturated rings. The predicted molar refractivity (Wildman–Crippen MR) is 82.5 cm³/mol. The number of nitrogens with zero attached hydrogens (tertiary/aromatic N) is 1. The summed E-state index contributed by atoms with van der Waals surface area (Å²) in [4.78, 5) is 12.9. The molecule has 1 aromatic heterocycles. The van der Waals surface area contributed by atoms with Gasteiger partial charge >= 0.3 is 6.09 Å². The van der Waals surface area contributed by atoms with Crippen molar-refractivity contribution >= 4 is 17.0 Å². The van der Waals surface area contributed by atoms with E-state index in [1.54, 1.807) is 0 Å². The Kier molecular flexibility index (Phi) is 1.65. The maximum Gasteiger partial charge on any atom is 0.407 e. The van der Waals surface area contributed by atoms with Crippen LogP contribution in [0.5, 0.6) is 0 Å². The van der Waals surface area contributed by atoms with E-state index in [0.717, 1.165) is 4.90 Å². The van der Waals surface area contributed by atoms with Gasteiger partial charge in [0.1, 0.15) is 6.61 Å². The fourth-order valence-corrected chi connectivity index (χ4v) is 1.85. The van der Waals surface area contributed by atoms with Gasteiger partial charge in [0.25, 0.3) is 0 Å². The summed E-state index contributed by atoms with van der Waals surface area (Å²) in [5, 5.41) is -0.155. The number of aryl methyl sites for hydroxylation is 1. The third-order valence-electron chi connectivity index (χ3n) is 2.77. The van der Waals surface area contributed by atoms with E-state index in [2.05, 4.69) is 4.74 Å². The number of aromatic amines is 1. The van der Waals surface area contributed by atoms with Crippen molar-refractivity contribution < 1.29 is 24.7 Å². The van der Waals surface area contributed by atoms with Crippen LogP contribution in [0.4, 0.5) is 4.79 Å². The number of nitrogens with one attached hydrogen (secondary N) is 2. The standard InChI is InChI=1S/C16H21N3O2/c1-19(2)6-5-12-9-17-15-4-3-11(8-14(12)15)7-13-10-21-16(20)18-13/h3-4,8-9,13,17H,5-7,10H2,1-2H3,(H,18,20)/t13-/m0/s1/i3D,4D,5D2,6D2,8D,9D,13D/hD2. The molecule has 0 radical (unpaired) electrons. The van der Waals surface area contributed by atoms with E-state index in [1.165, 1.54) is 14.1 Å². The number of fused-ring (bicyclic) bond motifs is 1. The Morgan fingerprint density at radius 3 is 3.19 bits per heavy atom. The average molecular weight is 298 g/mol. The van der Waals surface area contributed by atoms with Gasteiger partial charge in [-0.15, -0.1) is 0 Å². The molecule has 1 aromatic carbocycles. The van der Waals surface area contributed by atoms with Crippen molar-refractivity contribution in [3.05, 3.63) is 35.4 Å². The maximum atomic E-state index is 11.6. The fourth-order valence-electron chi connectivity index (χ4n) is 1.85. The Morgan fingerprint density at radius 1 is 1.62 bits per heavy atom. The summed E-state index contributed by atoms with van der Waals surface area (Å²) < 4.78 is 95.6. The van der Waals surface area contributed by atoms with Gasteiger partial charge in [0.05, 0.1) is 12.9 Å². The molecule has 1 aliphatic rings. The molecule has 2 heterocycles. The number of H-pyrrole nitrogens is 1. The number of aromatic nitrogens is 1. The summed E-state index contributed by atoms with van der Waals surface area (Å²) in [5.41, 5.74) is -1.33. The molecule has 2 aromatic rings. The second-order valence-corrected chi connectivity index (χ2v) is 4.72. The second-order valence-electron chi connectivity index (χ2n) is 4.72. The fraction of sp³-hybridized carbons (Fsp3) is 0.438. The van der Waals surface area contributed by atoms with Crippen LogP contribution in [0.15, 0.2) is 24.3 Å². The zero-order valence-corrected chi connectivity index (χ0v) is 11.6. The van der Waals surface area contributed by atoms with E-state index in [4.69, 9.17) is 15.2 Å². The zero-order valence-electron chi connectivity index (χ0n) is 22.6. The zero-order chi connectivity index (χ0) is 24.5. The first-order chi connectivity index (χ1) is 14.5. The molecule has 0 aliphatic carbocycles. The highest BCUT2D eigenvalue weighted by atomic mass is 16.6. The Morgan fingerprint density at radius 2 is 2.48 bits per heavy atom. The quantitative estimate of drug-likeness (QED) is 0.887. The third kappa shape index (κ3) is 3.19. The van der Waals surface area contributed by atoms with Crippen molar-refractivity contribution in [3.63, 3.8) is 0 Å². The normalized spacial score (nSPS) is 31.1. The van der Waals surface area contributed by atoms with Crippen LogP contribution in [0.2, 0.25) is 2.82 Å². The van der Waals surface area contributed by atoms with Crippen LogP contribution in [-0.4, -0.2) is 49.2 Å². The molecule has 1 saturated heterocycles. The van der Waals surface area contributed by atoms with Gasteiger partial charge in [0.15, 0.2) is 2.82 Å². The lowest BCUT2D eigenvalue weighted by molar-refractivity contribution is 0.177. The molecule has 0 unspecified atom stereocenters. The molecule has 1 atom stereocenters. The van der Waals surface area contributed by atoms with Crippen LogP contribution in [0.3, 0.4) is 0 Å². The van der Waals surface area contributed by atoms with Crippen LogP contribution in [0.1, 0.15) is 23.5 Å². The summed E-state index contributed by atoms with van der Waals surface area (Å²) in [7, 11) is 2.58. The average Bonchev–Trinajstić information content (AvgIpc) is 3.12. The lowest BCUT2D eigenvalue weighted by Crippen LogP contribution is -2.28. The number of carbonyl (C=O) groups excluding carboxylic acids is 1. The molecule has 5 heteroatoms. The minimum absolute atomic E-state index is 0.246. The summed E-state index contributed by atoms with van der Waals surface area (Å²) in [5.74, 6) is 0. The molecule has 5 nitrogen and oxygen atoms in total. The van der Waals surface area contributed by atoms with Crippen LogP contribution in [0, 0.1) is 0 Å². The van der Waals surface area contributed by atoms with E-state index in [0.29, 0.717) is 4.98 Å². The molecule has 21 heavy (non-hydrogen) atoms. The van der Waals surface area contributed by atoms with Gasteiger partial charge in [-0.3, -0.25) is 0 Å². The molecular weight excluding hydrogens is 266 g/mol. The molecule has 112 valence electrons. The minimum Gasteiger partial charge on any atom is -0.447 e. The molecule has 1 aliphatic heterocycles. The Balaban J connectivity index is 2.36. The number of hydrogen-bond donors (Lipinski definition) is 2. The van der Waals surface area contributed by atoms with Crippen molar-refractivity contribution in [2.45, 2.75) is 18.8 Å². The molecular formula is C16H21N3O2. The molecule has 3 rings (SSSR count). The number of alkyl carbamates (subject to hydrolysis) is 1. The number of benzene rings is 1. The lowest BCUT2D eigenvalue weighted by Gasteiger charge is -2.09. The highest BCUT2D eigenvalue weighted by molar-refractivity contribution is 5.84. The highest BCUT2D eigenvalue weighted by Gasteiger charge is 2.22. The lowest BCUT2D eigenvalue weighted by atomic mass is 10.0. The van der Waals surface area contributed by atoms with Crippen molar-refractivity contribution in [2.24, 2.45) is 0 Å². The molecule has 0 bridgehead atoms. The topological polar surface area (TPSA) is 57.4 Å². The van der Waals surface area contributed by atoms with Gasteiger partial charge in [0.2, 0.25) is 0 Å². The van der Waals surface area contributed by atoms with Crippen molar-refractivity contribution in [2.75, 3.05) is 27.2 Å². The predicted octanol–water partition coefficient (Wildman–Crippen LogP) is 1.92. The number of amides is 1. The van der Waals surface area contributed by atoms with Crippen LogP contribution in [0.25, 0.3) is 10.9 Å². The molecule has 1 amide bonds. The molecule has 0 spiro atoms. The number of hydrogen-bond acceptors (Lipinski definition) is 3. The summed E-state index contributed by atoms with van der Waals surface area (Å²) in [6, 6.07) is -3.77. The second kappa shape index (κ2) is 5.77. The van der Waals surface area contributed by atoms with E-state index in [9.17, 15) is 4.79 Å². The van der Waals surface area contributed by atoms with Crippen LogP contribution in [-0.2, 0) is 17.5 Å². The first-order valence-corrected chi connectivity index (χ1v) is 6.27. The van der Waals surface area contributed by atoms with Crippen LogP contribution < -0.4 is 5.31 Å². The number of carbonyl (C=O) groups is 1. The maximum absolute atomic E-state index is 11.6. The summed E-state index contributed by atoms with van der Waals surface area (Å²) in [6.07, 6.45) is -5.35. The van der Waals surface area contributed by atoms with E-state index >= 15 is 0 Å². The van der Waals surface area contributed by atoms with Gasteiger partial charge in [-0.1, -0.05) is 6.04 Å². The van der Waals surface area contributed by atoms with Crippen molar-refractivity contribution in [1.82, 2.24) is 15.2 Å². The van der Waals surface area contributed by atoms with E-state index in [-0.39, 0.29) is 10.9 Å². The largest absolute Gasteiger partial charge is 0.447 e. The molecule has 2 N–H and O–H groups in total. The van der Waals surface area contributed by atoms with E-state index < -0.39 is 78.8 Å². The SMILES string of the molecule is [2H]c1c(C[C@@]2([2H])COC(=O)N2[2H])c([2H])c2c(C([2H])([2H])C([2H])([2H])N(C)C)c([2H])n([2H])c2c1[2H]. The van der Waals surface area contributed by atoms with Crippen LogP contribution >= 0.6 is 0 Å². The Bertz CT molecular complexity index is 1120. The van der Waals surface area contributed by atoms with Gasteiger partial charge in [-0.25, -0.2) is 4.79 Å². The first kappa shape index (κ1) is 6.01. The number of rotatable bonds is 5. The Hall–Kier alpha value is -2.01. The van der Waals surface area contributed by atoms with Gasteiger partial charge in [-0.05, 0) is 50.1 Å². The van der Waals surface area contributed by atoms with Crippen molar-refractivity contribution in [3.8, 4) is 0 Å². The summed E-state index contributed by atoms with van der Waals surface area (Å²) in [6.45, 7) is -3.20. The Labute approximate surface area is 139 Å². The number of cyclic esters (lactones) is 1. The van der Waals surface area contributed by atoms with E-state index in [1.807, 2.05) is 0 Å². The monoisotopic (exact) mass is 298 g/mol. The van der Waals surface area contributed by atoms with Gasteiger partial charge in [-0.2, -0.15) is 0 Å². The van der Waals surface area contributed by atoms with Gasteiger partial charge < -0.3 is 19.9 Å². The number of ether oxygens (including phenoxy) is 1. The minimum atomic E-state index is -2.91. The smallest absolute Gasteiger partial charge is 0.407 e. The molecule has 0 saturated carbocycles. The first-order valence-electron chi connectivity index (χ1n) is 11.7. The summed E-state index contributed by atoms with van der Waals surface area (Å²) >= 11 is 0.